The standard InChI is InChI=1S/C23H25N3O3S/c1-28-20-11-5-3-9-17(20)23-25-18(15-30-23)22(27)24-16-8-7-13-26(14-16)19-10-4-6-12-21(19)29-2/h3-6,9-12,15-16H,7-8,13-14H2,1-2H3,(H,24,27). The summed E-state index contributed by atoms with van der Waals surface area (Å²) in [5.74, 6) is 1.46. The zero-order valence-corrected chi connectivity index (χ0v) is 17.9. The molecule has 1 aliphatic heterocycles. The van der Waals surface area contributed by atoms with Crippen LogP contribution in [-0.4, -0.2) is 44.2 Å². The summed E-state index contributed by atoms with van der Waals surface area (Å²) < 4.78 is 10.9. The number of carbonyl (C=O) groups is 1. The molecular weight excluding hydrogens is 398 g/mol. The van der Waals surface area contributed by atoms with Crippen LogP contribution in [0, 0.1) is 0 Å². The molecule has 1 fully saturated rings. The summed E-state index contributed by atoms with van der Waals surface area (Å²) in [6.07, 6.45) is 1.95. The number of aromatic nitrogens is 1. The second kappa shape index (κ2) is 9.17. The average Bonchev–Trinajstić information content (AvgIpc) is 3.29. The van der Waals surface area contributed by atoms with Gasteiger partial charge in [0, 0.05) is 24.5 Å². The van der Waals surface area contributed by atoms with Gasteiger partial charge in [0.1, 0.15) is 22.2 Å². The molecule has 0 spiro atoms. The number of para-hydroxylation sites is 3. The topological polar surface area (TPSA) is 63.7 Å². The lowest BCUT2D eigenvalue weighted by Crippen LogP contribution is -2.48. The highest BCUT2D eigenvalue weighted by Gasteiger charge is 2.24. The van der Waals surface area contributed by atoms with Crippen molar-refractivity contribution in [2.24, 2.45) is 0 Å². The Labute approximate surface area is 180 Å². The molecule has 2 aromatic carbocycles. The van der Waals surface area contributed by atoms with Crippen LogP contribution in [0.5, 0.6) is 11.5 Å². The highest BCUT2D eigenvalue weighted by Crippen LogP contribution is 2.32. The molecule has 4 rings (SSSR count). The molecule has 7 heteroatoms. The number of piperidine rings is 1. The van der Waals surface area contributed by atoms with Crippen LogP contribution in [0.4, 0.5) is 5.69 Å². The third-order valence-electron chi connectivity index (χ3n) is 5.26. The number of benzene rings is 2. The molecule has 1 unspecified atom stereocenters. The number of nitrogens with one attached hydrogen (secondary N) is 1. The second-order valence-electron chi connectivity index (χ2n) is 7.17. The lowest BCUT2D eigenvalue weighted by atomic mass is 10.0. The summed E-state index contributed by atoms with van der Waals surface area (Å²) in [7, 11) is 3.32. The number of ether oxygens (including phenoxy) is 2. The maximum Gasteiger partial charge on any atom is 0.271 e. The van der Waals surface area contributed by atoms with Gasteiger partial charge >= 0.3 is 0 Å². The fourth-order valence-corrected chi connectivity index (χ4v) is 4.62. The zero-order valence-electron chi connectivity index (χ0n) is 17.1. The second-order valence-corrected chi connectivity index (χ2v) is 8.03. The van der Waals surface area contributed by atoms with Crippen molar-refractivity contribution in [3.05, 3.63) is 59.6 Å². The number of methoxy groups -OCH3 is 2. The first-order chi connectivity index (χ1) is 14.7. The Balaban J connectivity index is 1.45. The third kappa shape index (κ3) is 4.26. The number of hydrogen-bond donors (Lipinski definition) is 1. The summed E-state index contributed by atoms with van der Waals surface area (Å²) in [4.78, 5) is 19.7. The predicted molar refractivity (Wildman–Crippen MR) is 120 cm³/mol. The van der Waals surface area contributed by atoms with Gasteiger partial charge in [0.25, 0.3) is 5.91 Å². The lowest BCUT2D eigenvalue weighted by molar-refractivity contribution is 0.0929. The van der Waals surface area contributed by atoms with Crippen LogP contribution in [0.1, 0.15) is 23.3 Å². The van der Waals surface area contributed by atoms with Crippen LogP contribution in [0.3, 0.4) is 0 Å². The number of hydrogen-bond acceptors (Lipinski definition) is 6. The van der Waals surface area contributed by atoms with Crippen molar-refractivity contribution in [2.45, 2.75) is 18.9 Å². The minimum atomic E-state index is -0.140. The number of anilines is 1. The number of nitrogens with zero attached hydrogens (tertiary/aromatic N) is 2. The summed E-state index contributed by atoms with van der Waals surface area (Å²) in [5, 5.41) is 5.74. The van der Waals surface area contributed by atoms with E-state index in [9.17, 15) is 4.79 Å². The Hall–Kier alpha value is -3.06. The minimum absolute atomic E-state index is 0.0626. The molecule has 2 heterocycles. The quantitative estimate of drug-likeness (QED) is 0.643. The number of carbonyl (C=O) groups excluding carboxylic acids is 1. The normalized spacial score (nSPS) is 16.2. The fourth-order valence-electron chi connectivity index (χ4n) is 3.79. The molecular formula is C23H25N3O3S. The third-order valence-corrected chi connectivity index (χ3v) is 6.13. The fraction of sp³-hybridized carbons (Fsp3) is 0.304. The molecule has 1 N–H and O–H groups in total. The van der Waals surface area contributed by atoms with Gasteiger partial charge in [-0.2, -0.15) is 0 Å². The van der Waals surface area contributed by atoms with Crippen LogP contribution < -0.4 is 19.7 Å². The molecule has 0 saturated carbocycles. The van der Waals surface area contributed by atoms with Gasteiger partial charge in [0.05, 0.1) is 25.5 Å². The molecule has 1 atom stereocenters. The van der Waals surface area contributed by atoms with E-state index in [1.165, 1.54) is 11.3 Å². The van der Waals surface area contributed by atoms with Crippen LogP contribution in [0.2, 0.25) is 0 Å². The van der Waals surface area contributed by atoms with E-state index in [-0.39, 0.29) is 11.9 Å². The van der Waals surface area contributed by atoms with Crippen molar-refractivity contribution in [1.29, 1.82) is 0 Å². The summed E-state index contributed by atoms with van der Waals surface area (Å²) in [5.41, 5.74) is 2.39. The Bertz CT molecular complexity index is 1020. The maximum atomic E-state index is 12.8. The van der Waals surface area contributed by atoms with Crippen molar-refractivity contribution >= 4 is 22.9 Å². The SMILES string of the molecule is COc1ccccc1-c1nc(C(=O)NC2CCCN(c3ccccc3OC)C2)cs1. The Morgan fingerprint density at radius 1 is 1.10 bits per heavy atom. The summed E-state index contributed by atoms with van der Waals surface area (Å²) in [6.45, 7) is 1.69. The van der Waals surface area contributed by atoms with Gasteiger partial charge in [-0.25, -0.2) is 4.98 Å². The van der Waals surface area contributed by atoms with E-state index in [1.807, 2.05) is 42.5 Å². The molecule has 1 aromatic heterocycles. The highest BCUT2D eigenvalue weighted by atomic mass is 32.1. The molecule has 156 valence electrons. The van der Waals surface area contributed by atoms with Crippen molar-refractivity contribution < 1.29 is 14.3 Å². The van der Waals surface area contributed by atoms with Gasteiger partial charge in [0.2, 0.25) is 0 Å². The van der Waals surface area contributed by atoms with Crippen molar-refractivity contribution in [1.82, 2.24) is 10.3 Å². The van der Waals surface area contributed by atoms with Gasteiger partial charge in [-0.3, -0.25) is 4.79 Å². The molecule has 30 heavy (non-hydrogen) atoms. The van der Waals surface area contributed by atoms with Gasteiger partial charge < -0.3 is 19.7 Å². The summed E-state index contributed by atoms with van der Waals surface area (Å²) >= 11 is 1.45. The van der Waals surface area contributed by atoms with Gasteiger partial charge in [-0.1, -0.05) is 24.3 Å². The van der Waals surface area contributed by atoms with E-state index < -0.39 is 0 Å². The number of rotatable bonds is 6. The Morgan fingerprint density at radius 3 is 2.63 bits per heavy atom. The van der Waals surface area contributed by atoms with Crippen molar-refractivity contribution in [2.75, 3.05) is 32.2 Å². The van der Waals surface area contributed by atoms with Crippen LogP contribution in [0.15, 0.2) is 53.9 Å². The maximum absolute atomic E-state index is 12.8. The van der Waals surface area contributed by atoms with Crippen LogP contribution in [-0.2, 0) is 0 Å². The van der Waals surface area contributed by atoms with E-state index in [0.29, 0.717) is 5.69 Å². The zero-order chi connectivity index (χ0) is 20.9. The van der Waals surface area contributed by atoms with E-state index in [0.717, 1.165) is 53.7 Å². The van der Waals surface area contributed by atoms with E-state index in [2.05, 4.69) is 21.3 Å². The van der Waals surface area contributed by atoms with E-state index in [1.54, 1.807) is 19.6 Å². The first kappa shape index (κ1) is 20.2. The monoisotopic (exact) mass is 423 g/mol. The van der Waals surface area contributed by atoms with Gasteiger partial charge in [0.15, 0.2) is 0 Å². The Kier molecular flexibility index (Phi) is 6.18. The number of amides is 1. The molecule has 6 nitrogen and oxygen atoms in total. The van der Waals surface area contributed by atoms with Gasteiger partial charge in [-0.15, -0.1) is 11.3 Å². The average molecular weight is 424 g/mol. The van der Waals surface area contributed by atoms with Crippen LogP contribution in [0.25, 0.3) is 10.6 Å². The molecule has 0 radical (unpaired) electrons. The minimum Gasteiger partial charge on any atom is -0.496 e. The van der Waals surface area contributed by atoms with E-state index >= 15 is 0 Å². The predicted octanol–water partition coefficient (Wildman–Crippen LogP) is 4.23. The highest BCUT2D eigenvalue weighted by molar-refractivity contribution is 7.13. The smallest absolute Gasteiger partial charge is 0.271 e. The molecule has 0 aliphatic carbocycles. The molecule has 1 amide bonds. The first-order valence-electron chi connectivity index (χ1n) is 9.97. The van der Waals surface area contributed by atoms with E-state index in [4.69, 9.17) is 9.47 Å². The molecule has 0 bridgehead atoms. The molecule has 1 aliphatic rings. The summed E-state index contributed by atoms with van der Waals surface area (Å²) in [6, 6.07) is 15.8. The van der Waals surface area contributed by atoms with Crippen LogP contribution >= 0.6 is 11.3 Å². The van der Waals surface area contributed by atoms with Crippen molar-refractivity contribution in [3.63, 3.8) is 0 Å². The number of thiazole rings is 1. The Morgan fingerprint density at radius 2 is 1.83 bits per heavy atom. The largest absolute Gasteiger partial charge is 0.496 e. The lowest BCUT2D eigenvalue weighted by Gasteiger charge is -2.35. The van der Waals surface area contributed by atoms with Gasteiger partial charge in [-0.05, 0) is 37.1 Å². The molecule has 1 saturated heterocycles. The molecule has 3 aromatic rings. The van der Waals surface area contributed by atoms with Crippen molar-refractivity contribution in [3.8, 4) is 22.1 Å². The first-order valence-corrected chi connectivity index (χ1v) is 10.9.